The Bertz CT molecular complexity index is 1500. The molecule has 14 heteroatoms. The third kappa shape index (κ3) is 4.39. The number of aromatic nitrogens is 5. The van der Waals surface area contributed by atoms with Crippen LogP contribution in [0, 0.1) is 29.9 Å². The first kappa shape index (κ1) is 24.0. The Hall–Kier alpha value is -4.67. The lowest BCUT2D eigenvalue weighted by atomic mass is 10.0. The van der Waals surface area contributed by atoms with Gasteiger partial charge in [0.15, 0.2) is 11.6 Å². The van der Waals surface area contributed by atoms with Crippen molar-refractivity contribution in [2.24, 2.45) is 12.1 Å². The number of nitrogens with zero attached hydrogens (tertiary/aromatic N) is 10. The Balaban J connectivity index is 1.30. The number of carbonyl (C=O) groups excluding carboxylic acids is 1. The quantitative estimate of drug-likeness (QED) is 0.524. The summed E-state index contributed by atoms with van der Waals surface area (Å²) < 4.78 is 30.6. The fourth-order valence-electron chi connectivity index (χ4n) is 4.31. The van der Waals surface area contributed by atoms with Crippen LogP contribution in [-0.2, 0) is 7.05 Å². The maximum Gasteiger partial charge on any atom is 0.352 e. The van der Waals surface area contributed by atoms with Crippen LogP contribution < -0.4 is 10.6 Å². The number of urea groups is 1. The van der Waals surface area contributed by atoms with Gasteiger partial charge in [-0.1, -0.05) is 0 Å². The van der Waals surface area contributed by atoms with E-state index in [9.17, 15) is 18.4 Å². The molecule has 1 atom stereocenters. The minimum absolute atomic E-state index is 0.171. The minimum Gasteiger partial charge on any atom is -0.337 e. The summed E-state index contributed by atoms with van der Waals surface area (Å²) in [7, 11) is 1.53. The number of rotatable bonds is 3. The summed E-state index contributed by atoms with van der Waals surface area (Å²) >= 11 is 0. The molecule has 2 aromatic heterocycles. The van der Waals surface area contributed by atoms with Crippen molar-refractivity contribution in [3.8, 4) is 11.9 Å². The van der Waals surface area contributed by atoms with Crippen LogP contribution in [0.1, 0.15) is 29.4 Å². The molecule has 1 fully saturated rings. The summed E-state index contributed by atoms with van der Waals surface area (Å²) in [4.78, 5) is 37.3. The molecule has 3 aromatic rings. The first-order valence-corrected chi connectivity index (χ1v) is 11.5. The van der Waals surface area contributed by atoms with Crippen LogP contribution in [0.5, 0.6) is 0 Å². The van der Waals surface area contributed by atoms with Gasteiger partial charge >= 0.3 is 11.7 Å². The number of benzene rings is 1. The maximum absolute atomic E-state index is 14.5. The third-order valence-corrected chi connectivity index (χ3v) is 6.40. The molecule has 0 unspecified atom stereocenters. The Morgan fingerprint density at radius 1 is 1.16 bits per heavy atom. The van der Waals surface area contributed by atoms with Crippen molar-refractivity contribution >= 4 is 18.2 Å². The van der Waals surface area contributed by atoms with Gasteiger partial charge in [0.2, 0.25) is 5.95 Å². The standard InChI is InChI=1S/C23H22F2N10O2/c1-14-30-35(22(36)31(14)2)20-18(25)13-27-21(29-20)32-5-7-33(8-6-32)23(37)34-19(3-4-28-34)16-9-15(12-26)10-17(24)11-16/h4,9-11,13,19H,3,5-8H2,1-2H3/t19-/m0/s1. The van der Waals surface area contributed by atoms with Crippen LogP contribution in [0.3, 0.4) is 0 Å². The summed E-state index contributed by atoms with van der Waals surface area (Å²) in [5, 5.41) is 18.7. The van der Waals surface area contributed by atoms with Gasteiger partial charge in [-0.2, -0.15) is 20.0 Å². The summed E-state index contributed by atoms with van der Waals surface area (Å²) in [6.07, 6.45) is 2.98. The molecule has 4 heterocycles. The van der Waals surface area contributed by atoms with Crippen molar-refractivity contribution in [2.75, 3.05) is 31.1 Å². The molecule has 0 bridgehead atoms. The van der Waals surface area contributed by atoms with Crippen molar-refractivity contribution in [1.82, 2.24) is 34.2 Å². The molecule has 12 nitrogen and oxygen atoms in total. The Morgan fingerprint density at radius 3 is 2.59 bits per heavy atom. The second kappa shape index (κ2) is 9.41. The molecule has 0 N–H and O–H groups in total. The number of halogens is 2. The van der Waals surface area contributed by atoms with E-state index in [1.807, 2.05) is 6.07 Å². The molecule has 0 radical (unpaired) electrons. The first-order valence-electron chi connectivity index (χ1n) is 11.5. The van der Waals surface area contributed by atoms with Gasteiger partial charge in [-0.05, 0) is 30.7 Å². The molecule has 1 aromatic carbocycles. The van der Waals surface area contributed by atoms with E-state index >= 15 is 0 Å². The molecular formula is C23H22F2N10O2. The molecule has 190 valence electrons. The Labute approximate surface area is 209 Å². The van der Waals surface area contributed by atoms with Crippen molar-refractivity contribution in [3.63, 3.8) is 0 Å². The van der Waals surface area contributed by atoms with Gasteiger partial charge in [0.25, 0.3) is 0 Å². The van der Waals surface area contributed by atoms with Crippen LogP contribution in [0.4, 0.5) is 19.5 Å². The second-order valence-electron chi connectivity index (χ2n) is 8.68. The van der Waals surface area contributed by atoms with Crippen LogP contribution in [0.25, 0.3) is 5.82 Å². The molecular weight excluding hydrogens is 486 g/mol. The summed E-state index contributed by atoms with van der Waals surface area (Å²) in [5.41, 5.74) is 0.135. The highest BCUT2D eigenvalue weighted by atomic mass is 19.1. The average molecular weight is 508 g/mol. The van der Waals surface area contributed by atoms with E-state index in [-0.39, 0.29) is 23.4 Å². The van der Waals surface area contributed by atoms with E-state index in [1.165, 1.54) is 22.7 Å². The lowest BCUT2D eigenvalue weighted by Gasteiger charge is -2.37. The van der Waals surface area contributed by atoms with Gasteiger partial charge < -0.3 is 9.80 Å². The van der Waals surface area contributed by atoms with Gasteiger partial charge in [-0.25, -0.2) is 28.4 Å². The summed E-state index contributed by atoms with van der Waals surface area (Å²) in [6, 6.07) is 5.05. The van der Waals surface area contributed by atoms with Gasteiger partial charge in [0.05, 0.1) is 23.9 Å². The molecule has 0 spiro atoms. The van der Waals surface area contributed by atoms with Gasteiger partial charge in [0.1, 0.15) is 11.6 Å². The zero-order chi connectivity index (χ0) is 26.3. The van der Waals surface area contributed by atoms with E-state index in [0.29, 0.717) is 44.0 Å². The normalized spacial score (nSPS) is 17.4. The number of hydrogen-bond donors (Lipinski definition) is 0. The number of piperazine rings is 1. The van der Waals surface area contributed by atoms with Crippen LogP contribution in [-0.4, -0.2) is 72.6 Å². The van der Waals surface area contributed by atoms with E-state index in [0.717, 1.165) is 16.9 Å². The van der Waals surface area contributed by atoms with Crippen LogP contribution in [0.15, 0.2) is 34.3 Å². The lowest BCUT2D eigenvalue weighted by molar-refractivity contribution is 0.139. The predicted molar refractivity (Wildman–Crippen MR) is 127 cm³/mol. The zero-order valence-corrected chi connectivity index (χ0v) is 20.0. The minimum atomic E-state index is -0.785. The second-order valence-corrected chi connectivity index (χ2v) is 8.68. The number of amides is 2. The highest BCUT2D eigenvalue weighted by Crippen LogP contribution is 2.30. The lowest BCUT2D eigenvalue weighted by Crippen LogP contribution is -2.52. The Kier molecular flexibility index (Phi) is 6.12. The molecule has 2 aliphatic rings. The first-order chi connectivity index (χ1) is 17.8. The number of carbonyl (C=O) groups is 1. The smallest absolute Gasteiger partial charge is 0.337 e. The third-order valence-electron chi connectivity index (χ3n) is 6.40. The number of aryl methyl sites for hydroxylation is 1. The molecule has 5 rings (SSSR count). The molecule has 2 amide bonds. The maximum atomic E-state index is 14.5. The van der Waals surface area contributed by atoms with Crippen molar-refractivity contribution < 1.29 is 13.6 Å². The highest BCUT2D eigenvalue weighted by molar-refractivity contribution is 5.78. The number of anilines is 1. The fraction of sp³-hybridized carbons (Fsp3) is 0.348. The fourth-order valence-corrected chi connectivity index (χ4v) is 4.31. The van der Waals surface area contributed by atoms with E-state index in [4.69, 9.17) is 5.26 Å². The highest BCUT2D eigenvalue weighted by Gasteiger charge is 2.34. The molecule has 0 aliphatic carbocycles. The van der Waals surface area contributed by atoms with Crippen LogP contribution in [0.2, 0.25) is 0 Å². The topological polar surface area (TPSA) is 129 Å². The SMILES string of the molecule is Cc1nn(-c2nc(N3CCN(C(=O)N4N=CC[C@H]4c4cc(F)cc(C#N)c4)CC3)ncc2F)c(=O)n1C. The molecule has 2 aliphatic heterocycles. The number of hydrazone groups is 1. The monoisotopic (exact) mass is 508 g/mol. The Morgan fingerprint density at radius 2 is 1.92 bits per heavy atom. The molecule has 1 saturated heterocycles. The zero-order valence-electron chi connectivity index (χ0n) is 20.0. The van der Waals surface area contributed by atoms with Crippen LogP contribution >= 0.6 is 0 Å². The molecule has 37 heavy (non-hydrogen) atoms. The van der Waals surface area contributed by atoms with Gasteiger partial charge in [0, 0.05) is 45.9 Å². The predicted octanol–water partition coefficient (Wildman–Crippen LogP) is 1.49. The molecule has 0 saturated carbocycles. The van der Waals surface area contributed by atoms with Gasteiger partial charge in [-0.15, -0.1) is 5.10 Å². The van der Waals surface area contributed by atoms with Crippen molar-refractivity contribution in [1.29, 1.82) is 5.26 Å². The average Bonchev–Trinajstić information content (AvgIpc) is 3.49. The van der Waals surface area contributed by atoms with Crippen molar-refractivity contribution in [3.05, 3.63) is 63.5 Å². The van der Waals surface area contributed by atoms with E-state index < -0.39 is 23.4 Å². The number of nitriles is 1. The largest absolute Gasteiger partial charge is 0.352 e. The van der Waals surface area contributed by atoms with E-state index in [2.05, 4.69) is 20.2 Å². The van der Waals surface area contributed by atoms with Gasteiger partial charge in [-0.3, -0.25) is 4.57 Å². The van der Waals surface area contributed by atoms with Crippen molar-refractivity contribution in [2.45, 2.75) is 19.4 Å². The summed E-state index contributed by atoms with van der Waals surface area (Å²) in [5.74, 6) is -0.976. The van der Waals surface area contributed by atoms with E-state index in [1.54, 1.807) is 29.0 Å². The number of hydrogen-bond acceptors (Lipinski definition) is 8. The summed E-state index contributed by atoms with van der Waals surface area (Å²) in [6.45, 7) is 2.95.